The summed E-state index contributed by atoms with van der Waals surface area (Å²) in [7, 11) is 0. The van der Waals surface area contributed by atoms with Gasteiger partial charge in [0.05, 0.1) is 18.1 Å². The van der Waals surface area contributed by atoms with Crippen LogP contribution in [0.5, 0.6) is 0 Å². The summed E-state index contributed by atoms with van der Waals surface area (Å²) in [6, 6.07) is 5.28. The molecule has 2 aromatic heterocycles. The van der Waals surface area contributed by atoms with Gasteiger partial charge in [-0.2, -0.15) is 0 Å². The Morgan fingerprint density at radius 1 is 1.50 bits per heavy atom. The highest BCUT2D eigenvalue weighted by Gasteiger charge is 2.20. The number of carbonyl (C=O) groups excluding carboxylic acids is 1. The minimum atomic E-state index is -0.609. The maximum Gasteiger partial charge on any atom is 0.313 e. The highest BCUT2D eigenvalue weighted by molar-refractivity contribution is 5.77. The normalized spacial score (nSPS) is 12.3. The van der Waals surface area contributed by atoms with E-state index in [9.17, 15) is 9.59 Å². The molecule has 0 saturated heterocycles. The molecule has 0 spiro atoms. The van der Waals surface area contributed by atoms with Gasteiger partial charge in [-0.1, -0.05) is 6.07 Å². The number of hydrogen-bond acceptors (Lipinski definition) is 4. The van der Waals surface area contributed by atoms with Gasteiger partial charge in [0.2, 0.25) is 0 Å². The lowest BCUT2D eigenvalue weighted by atomic mass is 10.1. The van der Waals surface area contributed by atoms with E-state index in [0.717, 1.165) is 0 Å². The molecule has 0 aromatic carbocycles. The molecule has 5 nitrogen and oxygen atoms in total. The van der Waals surface area contributed by atoms with Gasteiger partial charge >= 0.3 is 5.97 Å². The molecular weight excluding hydrogens is 232 g/mol. The number of nitrogens with zero attached hydrogens (tertiary/aromatic N) is 2. The van der Waals surface area contributed by atoms with Crippen molar-refractivity contribution in [3.05, 3.63) is 46.5 Å². The molecule has 0 fully saturated rings. The van der Waals surface area contributed by atoms with E-state index in [4.69, 9.17) is 4.74 Å². The maximum absolute atomic E-state index is 12.2. The molecule has 5 heteroatoms. The van der Waals surface area contributed by atoms with E-state index in [1.165, 1.54) is 10.6 Å². The van der Waals surface area contributed by atoms with Gasteiger partial charge in [0.25, 0.3) is 5.56 Å². The summed E-state index contributed by atoms with van der Waals surface area (Å²) in [6.45, 7) is 3.67. The maximum atomic E-state index is 12.2. The third-order valence-corrected chi connectivity index (χ3v) is 2.75. The first-order chi connectivity index (χ1) is 8.65. The summed E-state index contributed by atoms with van der Waals surface area (Å²) in [5.74, 6) is -1.02. The van der Waals surface area contributed by atoms with Crippen molar-refractivity contribution in [3.63, 3.8) is 0 Å². The fourth-order valence-electron chi connectivity index (χ4n) is 1.73. The monoisotopic (exact) mass is 246 g/mol. The second kappa shape index (κ2) is 5.00. The number of carbonyl (C=O) groups is 1. The summed E-state index contributed by atoms with van der Waals surface area (Å²) in [4.78, 5) is 28.0. The molecule has 2 heterocycles. The van der Waals surface area contributed by atoms with Crippen molar-refractivity contribution < 1.29 is 9.53 Å². The van der Waals surface area contributed by atoms with Crippen molar-refractivity contribution in [1.29, 1.82) is 0 Å². The molecule has 1 unspecified atom stereocenters. The van der Waals surface area contributed by atoms with E-state index in [-0.39, 0.29) is 5.56 Å². The summed E-state index contributed by atoms with van der Waals surface area (Å²) in [5, 5.41) is 0. The van der Waals surface area contributed by atoms with E-state index < -0.39 is 11.9 Å². The molecule has 0 bridgehead atoms. The largest absolute Gasteiger partial charge is 0.466 e. The molecule has 0 amide bonds. The molecule has 0 N–H and O–H groups in total. The smallest absolute Gasteiger partial charge is 0.313 e. The van der Waals surface area contributed by atoms with E-state index in [0.29, 0.717) is 17.8 Å². The average molecular weight is 246 g/mol. The number of esters is 1. The number of hydrogen-bond donors (Lipinski definition) is 0. The van der Waals surface area contributed by atoms with Crippen molar-refractivity contribution in [2.24, 2.45) is 0 Å². The van der Waals surface area contributed by atoms with Crippen molar-refractivity contribution in [2.75, 3.05) is 6.61 Å². The van der Waals surface area contributed by atoms with Crippen LogP contribution in [0.3, 0.4) is 0 Å². The first kappa shape index (κ1) is 12.3. The molecule has 1 atom stereocenters. The van der Waals surface area contributed by atoms with Gasteiger partial charge in [-0.05, 0) is 26.0 Å². The van der Waals surface area contributed by atoms with Gasteiger partial charge in [-0.25, -0.2) is 4.98 Å². The van der Waals surface area contributed by atoms with Crippen LogP contribution >= 0.6 is 0 Å². The quantitative estimate of drug-likeness (QED) is 0.767. The highest BCUT2D eigenvalue weighted by atomic mass is 16.5. The van der Waals surface area contributed by atoms with Gasteiger partial charge in [0.15, 0.2) is 0 Å². The highest BCUT2D eigenvalue weighted by Crippen LogP contribution is 2.12. The summed E-state index contributed by atoms with van der Waals surface area (Å²) >= 11 is 0. The molecule has 94 valence electrons. The zero-order valence-electron chi connectivity index (χ0n) is 10.3. The van der Waals surface area contributed by atoms with Gasteiger partial charge in [0.1, 0.15) is 5.65 Å². The molecule has 0 aliphatic carbocycles. The van der Waals surface area contributed by atoms with Crippen LogP contribution in [0.2, 0.25) is 0 Å². The summed E-state index contributed by atoms with van der Waals surface area (Å²) in [6.07, 6.45) is 3.07. The molecule has 0 saturated carbocycles. The Morgan fingerprint density at radius 2 is 2.28 bits per heavy atom. The van der Waals surface area contributed by atoms with Crippen LogP contribution in [-0.4, -0.2) is 22.0 Å². The molecule has 2 aromatic rings. The van der Waals surface area contributed by atoms with Crippen molar-refractivity contribution in [2.45, 2.75) is 19.8 Å². The lowest BCUT2D eigenvalue weighted by Crippen LogP contribution is -2.25. The number of fused-ring (bicyclic) bond motifs is 1. The zero-order chi connectivity index (χ0) is 13.1. The number of rotatable bonds is 3. The van der Waals surface area contributed by atoms with Gasteiger partial charge in [0, 0.05) is 12.4 Å². The van der Waals surface area contributed by atoms with Gasteiger partial charge in [-0.3, -0.25) is 14.0 Å². The van der Waals surface area contributed by atoms with E-state index >= 15 is 0 Å². The SMILES string of the molecule is CCOC(=O)C(C)c1cnc2ccccn2c1=O. The number of aromatic nitrogens is 2. The fraction of sp³-hybridized carbons (Fsp3) is 0.308. The topological polar surface area (TPSA) is 60.7 Å². The molecule has 0 aliphatic heterocycles. The summed E-state index contributed by atoms with van der Waals surface area (Å²) < 4.78 is 6.33. The Balaban J connectivity index is 2.49. The number of pyridine rings is 1. The Bertz CT molecular complexity index is 633. The van der Waals surface area contributed by atoms with Crippen LogP contribution in [0.4, 0.5) is 0 Å². The lowest BCUT2D eigenvalue weighted by molar-refractivity contribution is -0.144. The summed E-state index contributed by atoms with van der Waals surface area (Å²) in [5.41, 5.74) is 0.667. The van der Waals surface area contributed by atoms with Crippen molar-refractivity contribution in [1.82, 2.24) is 9.38 Å². The molecule has 18 heavy (non-hydrogen) atoms. The van der Waals surface area contributed by atoms with Crippen molar-refractivity contribution >= 4 is 11.6 Å². The van der Waals surface area contributed by atoms with E-state index in [1.54, 1.807) is 38.2 Å². The molecule has 2 rings (SSSR count). The second-order valence-electron chi connectivity index (χ2n) is 3.92. The third kappa shape index (κ3) is 2.11. The van der Waals surface area contributed by atoms with Crippen LogP contribution in [-0.2, 0) is 9.53 Å². The first-order valence-corrected chi connectivity index (χ1v) is 5.78. The Kier molecular flexibility index (Phi) is 3.41. The molecule has 0 radical (unpaired) electrons. The Hall–Kier alpha value is -2.17. The molecular formula is C13H14N2O3. The minimum absolute atomic E-state index is 0.235. The van der Waals surface area contributed by atoms with Crippen molar-refractivity contribution in [3.8, 4) is 0 Å². The average Bonchev–Trinajstić information content (AvgIpc) is 2.39. The lowest BCUT2D eigenvalue weighted by Gasteiger charge is -2.10. The van der Waals surface area contributed by atoms with Gasteiger partial charge in [-0.15, -0.1) is 0 Å². The minimum Gasteiger partial charge on any atom is -0.466 e. The predicted octanol–water partition coefficient (Wildman–Crippen LogP) is 1.36. The fourth-order valence-corrected chi connectivity index (χ4v) is 1.73. The van der Waals surface area contributed by atoms with Crippen LogP contribution in [0.15, 0.2) is 35.4 Å². The number of ether oxygens (including phenoxy) is 1. The Labute approximate surface area is 104 Å². The van der Waals surface area contributed by atoms with Crippen LogP contribution in [0.25, 0.3) is 5.65 Å². The Morgan fingerprint density at radius 3 is 3.00 bits per heavy atom. The van der Waals surface area contributed by atoms with Crippen LogP contribution in [0.1, 0.15) is 25.3 Å². The predicted molar refractivity (Wildman–Crippen MR) is 66.5 cm³/mol. The molecule has 0 aliphatic rings. The van der Waals surface area contributed by atoms with E-state index in [1.807, 2.05) is 0 Å². The second-order valence-corrected chi connectivity index (χ2v) is 3.92. The van der Waals surface area contributed by atoms with Gasteiger partial charge < -0.3 is 4.74 Å². The zero-order valence-corrected chi connectivity index (χ0v) is 10.3. The standard InChI is InChI=1S/C13H14N2O3/c1-3-18-13(17)9(2)10-8-14-11-6-4-5-7-15(11)12(10)16/h4-9H,3H2,1-2H3. The van der Waals surface area contributed by atoms with Crippen LogP contribution < -0.4 is 5.56 Å². The third-order valence-electron chi connectivity index (χ3n) is 2.75. The van der Waals surface area contributed by atoms with E-state index in [2.05, 4.69) is 4.98 Å². The first-order valence-electron chi connectivity index (χ1n) is 5.78. The van der Waals surface area contributed by atoms with Crippen LogP contribution in [0, 0.1) is 0 Å².